The molecule has 0 heterocycles. The fourth-order valence-corrected chi connectivity index (χ4v) is 1.67. The summed E-state index contributed by atoms with van der Waals surface area (Å²) < 4.78 is 15.8. The highest BCUT2D eigenvalue weighted by atomic mass is 16.5. The van der Waals surface area contributed by atoms with Crippen molar-refractivity contribution in [3.05, 3.63) is 24.3 Å². The van der Waals surface area contributed by atoms with Crippen LogP contribution in [0.1, 0.15) is 13.3 Å². The number of hydrogen-bond acceptors (Lipinski definition) is 4. The molecule has 0 aliphatic carbocycles. The summed E-state index contributed by atoms with van der Waals surface area (Å²) in [5, 5.41) is 3.35. The van der Waals surface area contributed by atoms with E-state index >= 15 is 0 Å². The van der Waals surface area contributed by atoms with Crippen LogP contribution in [0, 0.1) is 5.92 Å². The SMILES string of the molecule is COCCNCC(C)CCOc1ccc(OC)cc1. The summed E-state index contributed by atoms with van der Waals surface area (Å²) in [6.07, 6.45) is 1.03. The average molecular weight is 267 g/mol. The van der Waals surface area contributed by atoms with Crippen molar-refractivity contribution < 1.29 is 14.2 Å². The quantitative estimate of drug-likeness (QED) is 0.661. The van der Waals surface area contributed by atoms with Gasteiger partial charge in [0.2, 0.25) is 0 Å². The summed E-state index contributed by atoms with van der Waals surface area (Å²) in [7, 11) is 3.38. The third-order valence-corrected chi connectivity index (χ3v) is 2.91. The van der Waals surface area contributed by atoms with E-state index in [2.05, 4.69) is 12.2 Å². The number of rotatable bonds is 10. The Hall–Kier alpha value is -1.26. The highest BCUT2D eigenvalue weighted by Gasteiger charge is 2.02. The second-order valence-corrected chi connectivity index (χ2v) is 4.61. The fraction of sp³-hybridized carbons (Fsp3) is 0.600. The van der Waals surface area contributed by atoms with Crippen LogP contribution < -0.4 is 14.8 Å². The zero-order valence-corrected chi connectivity index (χ0v) is 12.1. The first-order valence-electron chi connectivity index (χ1n) is 6.72. The highest BCUT2D eigenvalue weighted by molar-refractivity contribution is 5.31. The molecule has 0 amide bonds. The Bertz CT molecular complexity index is 327. The van der Waals surface area contributed by atoms with Gasteiger partial charge in [-0.3, -0.25) is 0 Å². The molecule has 4 nitrogen and oxygen atoms in total. The van der Waals surface area contributed by atoms with E-state index in [4.69, 9.17) is 14.2 Å². The first kappa shape index (κ1) is 15.8. The average Bonchev–Trinajstić information content (AvgIpc) is 2.44. The third-order valence-electron chi connectivity index (χ3n) is 2.91. The van der Waals surface area contributed by atoms with Gasteiger partial charge in [0.1, 0.15) is 11.5 Å². The zero-order chi connectivity index (χ0) is 13.9. The number of benzene rings is 1. The maximum absolute atomic E-state index is 5.70. The van der Waals surface area contributed by atoms with Crippen LogP contribution in [0.3, 0.4) is 0 Å². The Balaban J connectivity index is 2.11. The topological polar surface area (TPSA) is 39.7 Å². The van der Waals surface area contributed by atoms with Gasteiger partial charge in [0, 0.05) is 13.7 Å². The van der Waals surface area contributed by atoms with Gasteiger partial charge in [0.05, 0.1) is 20.3 Å². The molecular weight excluding hydrogens is 242 g/mol. The van der Waals surface area contributed by atoms with E-state index in [1.54, 1.807) is 14.2 Å². The van der Waals surface area contributed by atoms with Gasteiger partial charge in [0.25, 0.3) is 0 Å². The summed E-state index contributed by atoms with van der Waals surface area (Å²) in [5.74, 6) is 2.33. The molecular formula is C15H25NO3. The monoisotopic (exact) mass is 267 g/mol. The minimum absolute atomic E-state index is 0.593. The van der Waals surface area contributed by atoms with Gasteiger partial charge >= 0.3 is 0 Å². The van der Waals surface area contributed by atoms with E-state index in [9.17, 15) is 0 Å². The molecule has 0 aliphatic heterocycles. The van der Waals surface area contributed by atoms with Gasteiger partial charge in [-0.1, -0.05) is 6.92 Å². The molecule has 4 heteroatoms. The number of hydrogen-bond donors (Lipinski definition) is 1. The summed E-state index contributed by atoms with van der Waals surface area (Å²) in [4.78, 5) is 0. The molecule has 0 aliphatic rings. The number of ether oxygens (including phenoxy) is 3. The summed E-state index contributed by atoms with van der Waals surface area (Å²) in [6, 6.07) is 7.68. The van der Waals surface area contributed by atoms with Crippen LogP contribution in [0.4, 0.5) is 0 Å². The van der Waals surface area contributed by atoms with Crippen molar-refractivity contribution in [3.8, 4) is 11.5 Å². The van der Waals surface area contributed by atoms with Crippen LogP contribution in [0.15, 0.2) is 24.3 Å². The molecule has 0 saturated carbocycles. The molecule has 19 heavy (non-hydrogen) atoms. The molecule has 0 spiro atoms. The van der Waals surface area contributed by atoms with Crippen LogP contribution >= 0.6 is 0 Å². The normalized spacial score (nSPS) is 12.2. The van der Waals surface area contributed by atoms with E-state index < -0.39 is 0 Å². The molecule has 0 aromatic heterocycles. The van der Waals surface area contributed by atoms with Gasteiger partial charge in [0.15, 0.2) is 0 Å². The maximum atomic E-state index is 5.70. The molecule has 108 valence electrons. The van der Waals surface area contributed by atoms with Crippen molar-refractivity contribution in [1.82, 2.24) is 5.32 Å². The van der Waals surface area contributed by atoms with Crippen LogP contribution in [0.5, 0.6) is 11.5 Å². The molecule has 0 radical (unpaired) electrons. The Morgan fingerprint density at radius 1 is 1.05 bits per heavy atom. The predicted octanol–water partition coefficient (Wildman–Crippen LogP) is 2.34. The smallest absolute Gasteiger partial charge is 0.119 e. The van der Waals surface area contributed by atoms with Gasteiger partial charge < -0.3 is 19.5 Å². The van der Waals surface area contributed by atoms with Crippen molar-refractivity contribution in [2.24, 2.45) is 5.92 Å². The molecule has 0 bridgehead atoms. The molecule has 1 unspecified atom stereocenters. The van der Waals surface area contributed by atoms with Crippen molar-refractivity contribution >= 4 is 0 Å². The number of nitrogens with one attached hydrogen (secondary N) is 1. The van der Waals surface area contributed by atoms with Crippen LogP contribution in [-0.2, 0) is 4.74 Å². The lowest BCUT2D eigenvalue weighted by molar-refractivity contribution is 0.197. The molecule has 1 aromatic carbocycles. The van der Waals surface area contributed by atoms with Crippen molar-refractivity contribution in [2.75, 3.05) is 40.5 Å². The Kier molecular flexibility index (Phi) is 8.02. The van der Waals surface area contributed by atoms with E-state index in [0.29, 0.717) is 5.92 Å². The Morgan fingerprint density at radius 3 is 2.37 bits per heavy atom. The van der Waals surface area contributed by atoms with Gasteiger partial charge in [-0.25, -0.2) is 0 Å². The van der Waals surface area contributed by atoms with E-state index in [-0.39, 0.29) is 0 Å². The molecule has 1 aromatic rings. The molecule has 1 N–H and O–H groups in total. The largest absolute Gasteiger partial charge is 0.497 e. The second kappa shape index (κ2) is 9.64. The summed E-state index contributed by atoms with van der Waals surface area (Å²) in [5.41, 5.74) is 0. The van der Waals surface area contributed by atoms with E-state index in [1.165, 1.54) is 0 Å². The van der Waals surface area contributed by atoms with E-state index in [0.717, 1.165) is 44.2 Å². The van der Waals surface area contributed by atoms with Gasteiger partial charge in [-0.2, -0.15) is 0 Å². The number of methoxy groups -OCH3 is 2. The lowest BCUT2D eigenvalue weighted by Gasteiger charge is -2.13. The van der Waals surface area contributed by atoms with Gasteiger partial charge in [-0.05, 0) is 43.1 Å². The van der Waals surface area contributed by atoms with Crippen molar-refractivity contribution in [2.45, 2.75) is 13.3 Å². The van der Waals surface area contributed by atoms with Crippen LogP contribution in [0.2, 0.25) is 0 Å². The van der Waals surface area contributed by atoms with Crippen molar-refractivity contribution in [1.29, 1.82) is 0 Å². The first-order valence-corrected chi connectivity index (χ1v) is 6.72. The fourth-order valence-electron chi connectivity index (χ4n) is 1.67. The third kappa shape index (κ3) is 7.03. The van der Waals surface area contributed by atoms with Gasteiger partial charge in [-0.15, -0.1) is 0 Å². The summed E-state index contributed by atoms with van der Waals surface area (Å²) >= 11 is 0. The van der Waals surface area contributed by atoms with E-state index in [1.807, 2.05) is 24.3 Å². The maximum Gasteiger partial charge on any atom is 0.119 e. The Labute approximate surface area is 116 Å². The molecule has 0 saturated heterocycles. The molecule has 1 atom stereocenters. The first-order chi connectivity index (χ1) is 9.26. The molecule has 1 rings (SSSR count). The summed E-state index contributed by atoms with van der Waals surface area (Å²) in [6.45, 7) is 5.61. The lowest BCUT2D eigenvalue weighted by atomic mass is 10.1. The lowest BCUT2D eigenvalue weighted by Crippen LogP contribution is -2.25. The highest BCUT2D eigenvalue weighted by Crippen LogP contribution is 2.17. The minimum atomic E-state index is 0.593. The standard InChI is InChI=1S/C15H25NO3/c1-13(12-16-9-11-17-2)8-10-19-15-6-4-14(18-3)5-7-15/h4-7,13,16H,8-12H2,1-3H3. The zero-order valence-electron chi connectivity index (χ0n) is 12.1. The second-order valence-electron chi connectivity index (χ2n) is 4.61. The minimum Gasteiger partial charge on any atom is -0.497 e. The van der Waals surface area contributed by atoms with Crippen LogP contribution in [0.25, 0.3) is 0 Å². The van der Waals surface area contributed by atoms with Crippen molar-refractivity contribution in [3.63, 3.8) is 0 Å². The Morgan fingerprint density at radius 2 is 1.74 bits per heavy atom. The van der Waals surface area contributed by atoms with Crippen LogP contribution in [-0.4, -0.2) is 40.5 Å². The predicted molar refractivity (Wildman–Crippen MR) is 77.0 cm³/mol. The molecule has 0 fully saturated rings.